The summed E-state index contributed by atoms with van der Waals surface area (Å²) in [5.74, 6) is 0. The van der Waals surface area contributed by atoms with Crippen molar-refractivity contribution < 1.29 is 0 Å². The smallest absolute Gasteiger partial charge is 0.305 e. The third-order valence-electron chi connectivity index (χ3n) is 2.55. The lowest BCUT2D eigenvalue weighted by atomic mass is 10.3. The van der Waals surface area contributed by atoms with E-state index in [2.05, 4.69) is 25.9 Å². The van der Waals surface area contributed by atoms with E-state index in [0.29, 0.717) is 10.2 Å². The molecule has 0 amide bonds. The molecule has 3 aromatic heterocycles. The van der Waals surface area contributed by atoms with E-state index in [1.807, 2.05) is 6.07 Å². The summed E-state index contributed by atoms with van der Waals surface area (Å²) >= 11 is 4.61. The zero-order valence-electron chi connectivity index (χ0n) is 8.65. The number of aromatic nitrogens is 3. The van der Waals surface area contributed by atoms with E-state index >= 15 is 0 Å². The molecule has 3 aromatic rings. The molecule has 0 aliphatic carbocycles. The molecule has 0 fully saturated rings. The minimum Gasteiger partial charge on any atom is -0.305 e. The fourth-order valence-corrected chi connectivity index (χ4v) is 3.06. The van der Waals surface area contributed by atoms with Crippen molar-refractivity contribution in [2.45, 2.75) is 0 Å². The number of rotatable bonds is 0. The molecular formula is C10H6BrN3O2S. The van der Waals surface area contributed by atoms with E-state index in [1.54, 1.807) is 6.20 Å². The van der Waals surface area contributed by atoms with Crippen LogP contribution in [0.1, 0.15) is 0 Å². The Hall–Kier alpha value is -1.47. The van der Waals surface area contributed by atoms with E-state index in [9.17, 15) is 9.59 Å². The first kappa shape index (κ1) is 10.7. The lowest BCUT2D eigenvalue weighted by Crippen LogP contribution is -2.31. The molecule has 3 rings (SSSR count). The maximum Gasteiger partial charge on any atom is 0.328 e. The van der Waals surface area contributed by atoms with E-state index in [-0.39, 0.29) is 5.56 Å². The number of fused-ring (bicyclic) bond motifs is 3. The molecule has 0 aliphatic rings. The lowest BCUT2D eigenvalue weighted by molar-refractivity contribution is 0.796. The first-order chi connectivity index (χ1) is 8.08. The highest BCUT2D eigenvalue weighted by Crippen LogP contribution is 2.29. The number of nitrogens with zero attached hydrogens (tertiary/aromatic N) is 2. The topological polar surface area (TPSA) is 67.8 Å². The van der Waals surface area contributed by atoms with Gasteiger partial charge in [-0.2, -0.15) is 0 Å². The highest BCUT2D eigenvalue weighted by molar-refractivity contribution is 9.10. The van der Waals surface area contributed by atoms with Crippen LogP contribution in [0.3, 0.4) is 0 Å². The first-order valence-electron chi connectivity index (χ1n) is 4.75. The summed E-state index contributed by atoms with van der Waals surface area (Å²) in [7, 11) is 1.45. The Morgan fingerprint density at radius 3 is 3.00 bits per heavy atom. The van der Waals surface area contributed by atoms with E-state index in [4.69, 9.17) is 0 Å². The summed E-state index contributed by atoms with van der Waals surface area (Å²) in [4.78, 5) is 31.1. The molecule has 0 atom stereocenters. The van der Waals surface area contributed by atoms with Crippen LogP contribution < -0.4 is 11.2 Å². The zero-order valence-corrected chi connectivity index (χ0v) is 11.1. The van der Waals surface area contributed by atoms with Gasteiger partial charge in [0.15, 0.2) is 0 Å². The summed E-state index contributed by atoms with van der Waals surface area (Å²) in [5.41, 5.74) is -0.142. The normalized spacial score (nSPS) is 11.4. The number of aromatic amines is 1. The lowest BCUT2D eigenvalue weighted by Gasteiger charge is -1.95. The van der Waals surface area contributed by atoms with Gasteiger partial charge in [-0.15, -0.1) is 11.3 Å². The minimum absolute atomic E-state index is 0.289. The van der Waals surface area contributed by atoms with Crippen molar-refractivity contribution in [3.63, 3.8) is 0 Å². The summed E-state index contributed by atoms with van der Waals surface area (Å²) in [5, 5.41) is 0.786. The van der Waals surface area contributed by atoms with Gasteiger partial charge in [-0.05, 0) is 22.0 Å². The van der Waals surface area contributed by atoms with E-state index in [1.165, 1.54) is 18.4 Å². The maximum absolute atomic E-state index is 11.9. The van der Waals surface area contributed by atoms with Gasteiger partial charge in [0.2, 0.25) is 0 Å². The van der Waals surface area contributed by atoms with Crippen LogP contribution in [-0.4, -0.2) is 14.5 Å². The summed E-state index contributed by atoms with van der Waals surface area (Å²) < 4.78 is 2.39. The van der Waals surface area contributed by atoms with Crippen LogP contribution in [0.4, 0.5) is 0 Å². The Balaban J connectivity index is 2.67. The van der Waals surface area contributed by atoms with Crippen molar-refractivity contribution in [2.75, 3.05) is 0 Å². The number of nitrogens with one attached hydrogen (secondary N) is 1. The minimum atomic E-state index is -0.415. The molecule has 0 saturated heterocycles. The van der Waals surface area contributed by atoms with Crippen LogP contribution in [0.25, 0.3) is 20.4 Å². The second-order valence-corrected chi connectivity index (χ2v) is 5.52. The zero-order chi connectivity index (χ0) is 12.2. The number of H-pyrrole nitrogens is 1. The highest BCUT2D eigenvalue weighted by atomic mass is 79.9. The van der Waals surface area contributed by atoms with Gasteiger partial charge < -0.3 is 4.98 Å². The molecule has 0 spiro atoms. The maximum atomic E-state index is 11.9. The van der Waals surface area contributed by atoms with Gasteiger partial charge >= 0.3 is 5.69 Å². The van der Waals surface area contributed by atoms with Crippen molar-refractivity contribution in [1.82, 2.24) is 14.5 Å². The number of thiophene rings is 1. The number of pyridine rings is 1. The van der Waals surface area contributed by atoms with Gasteiger partial charge in [-0.25, -0.2) is 9.78 Å². The van der Waals surface area contributed by atoms with Gasteiger partial charge in [0, 0.05) is 23.1 Å². The summed E-state index contributed by atoms with van der Waals surface area (Å²) in [6.45, 7) is 0. The van der Waals surface area contributed by atoms with Crippen molar-refractivity contribution in [1.29, 1.82) is 0 Å². The second kappa shape index (κ2) is 3.51. The average Bonchev–Trinajstić information content (AvgIpc) is 2.65. The van der Waals surface area contributed by atoms with Crippen LogP contribution in [0, 0.1) is 0 Å². The molecule has 1 N–H and O–H groups in total. The van der Waals surface area contributed by atoms with E-state index < -0.39 is 5.69 Å². The average molecular weight is 312 g/mol. The SMILES string of the molecule is Cn1c(=O)[nH]c2c(sc3ncc(Br)cc32)c1=O. The quantitative estimate of drug-likeness (QED) is 0.685. The highest BCUT2D eigenvalue weighted by Gasteiger charge is 2.12. The van der Waals surface area contributed by atoms with Gasteiger partial charge in [0.1, 0.15) is 9.53 Å². The van der Waals surface area contributed by atoms with Gasteiger partial charge in [-0.1, -0.05) is 0 Å². The second-order valence-electron chi connectivity index (χ2n) is 3.61. The van der Waals surface area contributed by atoms with Crippen LogP contribution in [0.5, 0.6) is 0 Å². The number of halogens is 1. The fraction of sp³-hybridized carbons (Fsp3) is 0.100. The molecule has 0 aliphatic heterocycles. The Bertz CT molecular complexity index is 861. The molecule has 86 valence electrons. The van der Waals surface area contributed by atoms with Gasteiger partial charge in [-0.3, -0.25) is 9.36 Å². The monoisotopic (exact) mass is 311 g/mol. The van der Waals surface area contributed by atoms with Crippen molar-refractivity contribution in [3.8, 4) is 0 Å². The molecule has 5 nitrogen and oxygen atoms in total. The Morgan fingerprint density at radius 1 is 1.47 bits per heavy atom. The van der Waals surface area contributed by atoms with Crippen LogP contribution in [0.2, 0.25) is 0 Å². The summed E-state index contributed by atoms with van der Waals surface area (Å²) in [6, 6.07) is 1.84. The van der Waals surface area contributed by atoms with Crippen molar-refractivity contribution >= 4 is 47.7 Å². The molecule has 0 aromatic carbocycles. The van der Waals surface area contributed by atoms with Crippen LogP contribution in [0.15, 0.2) is 26.3 Å². The standard InChI is InChI=1S/C10H6BrN3O2S/c1-14-9(15)7-6(13-10(14)16)5-2-4(11)3-12-8(5)17-7/h2-3H,1H3,(H,13,16). The molecule has 0 radical (unpaired) electrons. The molecule has 0 bridgehead atoms. The Morgan fingerprint density at radius 2 is 2.24 bits per heavy atom. The first-order valence-corrected chi connectivity index (χ1v) is 6.36. The van der Waals surface area contributed by atoms with Crippen LogP contribution in [-0.2, 0) is 7.05 Å². The Kier molecular flexibility index (Phi) is 2.20. The fourth-order valence-electron chi connectivity index (χ4n) is 1.67. The largest absolute Gasteiger partial charge is 0.328 e. The molecule has 7 heteroatoms. The van der Waals surface area contributed by atoms with E-state index in [0.717, 1.165) is 19.3 Å². The molecule has 0 unspecified atom stereocenters. The Labute approximate surface area is 107 Å². The van der Waals surface area contributed by atoms with Gasteiger partial charge in [0.05, 0.1) is 5.52 Å². The summed E-state index contributed by atoms with van der Waals surface area (Å²) in [6.07, 6.45) is 1.67. The van der Waals surface area contributed by atoms with Crippen molar-refractivity contribution in [3.05, 3.63) is 37.6 Å². The number of hydrogen-bond donors (Lipinski definition) is 1. The van der Waals surface area contributed by atoms with Crippen LogP contribution >= 0.6 is 27.3 Å². The molecule has 17 heavy (non-hydrogen) atoms. The molecule has 0 saturated carbocycles. The van der Waals surface area contributed by atoms with Gasteiger partial charge in [0.25, 0.3) is 5.56 Å². The number of hydrogen-bond acceptors (Lipinski definition) is 4. The van der Waals surface area contributed by atoms with Crippen molar-refractivity contribution in [2.24, 2.45) is 7.05 Å². The predicted molar refractivity (Wildman–Crippen MR) is 70.7 cm³/mol. The molecule has 3 heterocycles. The third-order valence-corrected chi connectivity index (χ3v) is 4.08. The molecular weight excluding hydrogens is 306 g/mol. The predicted octanol–water partition coefficient (Wildman–Crippen LogP) is 1.60. The third kappa shape index (κ3) is 1.46.